The van der Waals surface area contributed by atoms with Crippen molar-refractivity contribution in [3.63, 3.8) is 0 Å². The van der Waals surface area contributed by atoms with E-state index in [0.29, 0.717) is 6.54 Å². The van der Waals surface area contributed by atoms with Gasteiger partial charge in [0.1, 0.15) is 4.90 Å². The summed E-state index contributed by atoms with van der Waals surface area (Å²) in [6.45, 7) is 3.41. The Kier molecular flexibility index (Phi) is 6.21. The zero-order valence-corrected chi connectivity index (χ0v) is 14.2. The molecule has 0 saturated heterocycles. The summed E-state index contributed by atoms with van der Waals surface area (Å²) in [5.41, 5.74) is 5.14. The Morgan fingerprint density at radius 2 is 2.15 bits per heavy atom. The highest BCUT2D eigenvalue weighted by Gasteiger charge is 2.23. The van der Waals surface area contributed by atoms with Gasteiger partial charge in [-0.25, -0.2) is 17.5 Å². The Morgan fingerprint density at radius 1 is 1.55 bits per heavy atom. The number of nitrogens with one attached hydrogen (secondary N) is 1. The summed E-state index contributed by atoms with van der Waals surface area (Å²) in [4.78, 5) is 1.37. The van der Waals surface area contributed by atoms with Crippen molar-refractivity contribution in [1.29, 1.82) is 0 Å². The number of rotatable bonds is 6. The smallest absolute Gasteiger partial charge is 0.243 e. The van der Waals surface area contributed by atoms with Crippen molar-refractivity contribution < 1.29 is 12.8 Å². The SMILES string of the molecule is CCN(C)CCNS(=O)(=O)c1cc(Cl)c(Br)c(N)c1F. The fourth-order valence-corrected chi connectivity index (χ4v) is 3.10. The van der Waals surface area contributed by atoms with Crippen molar-refractivity contribution in [3.05, 3.63) is 21.4 Å². The molecule has 0 unspecified atom stereocenters. The number of nitrogens with zero attached hydrogens (tertiary/aromatic N) is 1. The van der Waals surface area contributed by atoms with Gasteiger partial charge in [0.15, 0.2) is 5.82 Å². The van der Waals surface area contributed by atoms with Gasteiger partial charge in [-0.2, -0.15) is 0 Å². The van der Waals surface area contributed by atoms with Gasteiger partial charge in [0.2, 0.25) is 10.0 Å². The Morgan fingerprint density at radius 3 is 2.70 bits per heavy atom. The molecule has 3 N–H and O–H groups in total. The number of anilines is 1. The predicted molar refractivity (Wildman–Crippen MR) is 81.9 cm³/mol. The molecule has 1 aromatic carbocycles. The molecule has 0 atom stereocenters. The van der Waals surface area contributed by atoms with Crippen molar-refractivity contribution in [3.8, 4) is 0 Å². The maximum absolute atomic E-state index is 13.9. The summed E-state index contributed by atoms with van der Waals surface area (Å²) in [6, 6.07) is 1.03. The molecule has 0 radical (unpaired) electrons. The molecule has 0 heterocycles. The van der Waals surface area contributed by atoms with Gasteiger partial charge in [0.05, 0.1) is 15.2 Å². The van der Waals surface area contributed by atoms with Crippen LogP contribution in [0.3, 0.4) is 0 Å². The summed E-state index contributed by atoms with van der Waals surface area (Å²) in [5.74, 6) is -1.02. The molecule has 0 aliphatic rings. The number of sulfonamides is 1. The van der Waals surface area contributed by atoms with Crippen molar-refractivity contribution >= 4 is 43.2 Å². The molecule has 0 bridgehead atoms. The zero-order valence-electron chi connectivity index (χ0n) is 11.1. The largest absolute Gasteiger partial charge is 0.395 e. The maximum atomic E-state index is 13.9. The van der Waals surface area contributed by atoms with Crippen LogP contribution in [0.4, 0.5) is 10.1 Å². The minimum absolute atomic E-state index is 0.0370. The van der Waals surface area contributed by atoms with Gasteiger partial charge in [-0.05, 0) is 35.6 Å². The summed E-state index contributed by atoms with van der Waals surface area (Å²) in [5, 5.41) is 0.0370. The fraction of sp³-hybridized carbons (Fsp3) is 0.455. The predicted octanol–water partition coefficient (Wildman–Crippen LogP) is 2.05. The maximum Gasteiger partial charge on any atom is 0.243 e. The lowest BCUT2D eigenvalue weighted by atomic mass is 10.3. The van der Waals surface area contributed by atoms with Crippen LogP contribution in [0.1, 0.15) is 6.92 Å². The Hall–Kier alpha value is -0.410. The van der Waals surface area contributed by atoms with Crippen LogP contribution in [0.25, 0.3) is 0 Å². The van der Waals surface area contributed by atoms with E-state index in [1.807, 2.05) is 18.9 Å². The van der Waals surface area contributed by atoms with E-state index in [2.05, 4.69) is 20.7 Å². The number of nitrogens with two attached hydrogens (primary N) is 1. The number of nitrogen functional groups attached to an aromatic ring is 1. The molecule has 9 heteroatoms. The monoisotopic (exact) mass is 387 g/mol. The molecule has 0 aliphatic carbocycles. The van der Waals surface area contributed by atoms with Crippen LogP contribution in [0.15, 0.2) is 15.4 Å². The van der Waals surface area contributed by atoms with Crippen LogP contribution in [-0.2, 0) is 10.0 Å². The molecule has 0 saturated carbocycles. The molecule has 0 aliphatic heterocycles. The number of halogens is 3. The summed E-state index contributed by atoms with van der Waals surface area (Å²) < 4.78 is 40.5. The van der Waals surface area contributed by atoms with Crippen LogP contribution in [-0.4, -0.2) is 40.0 Å². The highest BCUT2D eigenvalue weighted by molar-refractivity contribution is 9.10. The average Bonchev–Trinajstić information content (AvgIpc) is 2.39. The van der Waals surface area contributed by atoms with Crippen molar-refractivity contribution in [2.45, 2.75) is 11.8 Å². The molecule has 1 rings (SSSR count). The molecule has 5 nitrogen and oxygen atoms in total. The second kappa shape index (κ2) is 7.04. The van der Waals surface area contributed by atoms with Crippen molar-refractivity contribution in [2.75, 3.05) is 32.4 Å². The molecule has 0 spiro atoms. The number of benzene rings is 1. The minimum Gasteiger partial charge on any atom is -0.395 e. The molecule has 0 fully saturated rings. The van der Waals surface area contributed by atoms with Gasteiger partial charge in [-0.15, -0.1) is 0 Å². The Balaban J connectivity index is 2.99. The first-order chi connectivity index (χ1) is 9.20. The van der Waals surface area contributed by atoms with E-state index in [0.717, 1.165) is 12.6 Å². The quantitative estimate of drug-likeness (QED) is 0.578. The third kappa shape index (κ3) is 4.05. The van der Waals surface area contributed by atoms with E-state index in [-0.39, 0.29) is 21.7 Å². The van der Waals surface area contributed by atoms with Gasteiger partial charge in [0.25, 0.3) is 0 Å². The average molecular weight is 389 g/mol. The standard InChI is InChI=1S/C11H16BrClFN3O2S/c1-3-17(2)5-4-16-20(18,19)8-6-7(13)9(12)11(15)10(8)14/h6,16H,3-5,15H2,1-2H3. The van der Waals surface area contributed by atoms with E-state index >= 15 is 0 Å². The first-order valence-corrected chi connectivity index (χ1v) is 8.47. The van der Waals surface area contributed by atoms with Crippen LogP contribution < -0.4 is 10.5 Å². The Labute approximate surface area is 131 Å². The van der Waals surface area contributed by atoms with Crippen LogP contribution >= 0.6 is 27.5 Å². The van der Waals surface area contributed by atoms with Crippen molar-refractivity contribution in [2.24, 2.45) is 0 Å². The third-order valence-corrected chi connectivity index (χ3v) is 5.61. The van der Waals surface area contributed by atoms with Gasteiger partial charge in [-0.3, -0.25) is 0 Å². The molecule has 20 heavy (non-hydrogen) atoms. The topological polar surface area (TPSA) is 75.4 Å². The summed E-state index contributed by atoms with van der Waals surface area (Å²) in [6.07, 6.45) is 0. The van der Waals surface area contributed by atoms with Crippen molar-refractivity contribution in [1.82, 2.24) is 9.62 Å². The van der Waals surface area contributed by atoms with Gasteiger partial charge < -0.3 is 10.6 Å². The van der Waals surface area contributed by atoms with E-state index in [9.17, 15) is 12.8 Å². The highest BCUT2D eigenvalue weighted by atomic mass is 79.9. The van der Waals surface area contributed by atoms with Crippen LogP contribution in [0, 0.1) is 5.82 Å². The normalized spacial score (nSPS) is 12.1. The summed E-state index contributed by atoms with van der Waals surface area (Å²) in [7, 11) is -2.14. The minimum atomic E-state index is -3.99. The third-order valence-electron chi connectivity index (χ3n) is 2.77. The van der Waals surface area contributed by atoms with E-state index in [1.165, 1.54) is 0 Å². The van der Waals surface area contributed by atoms with Gasteiger partial charge in [0, 0.05) is 13.1 Å². The fourth-order valence-electron chi connectivity index (χ4n) is 1.40. The van der Waals surface area contributed by atoms with E-state index in [1.54, 1.807) is 0 Å². The van der Waals surface area contributed by atoms with Crippen LogP contribution in [0.2, 0.25) is 5.02 Å². The lowest BCUT2D eigenvalue weighted by molar-refractivity contribution is 0.358. The first kappa shape index (κ1) is 17.6. The second-order valence-corrected chi connectivity index (χ2v) is 7.13. The Bertz CT molecular complexity index is 598. The lowest BCUT2D eigenvalue weighted by Gasteiger charge is -2.15. The number of likely N-dealkylation sites (N-methyl/N-ethyl adjacent to an activating group) is 1. The molecular formula is C11H16BrClFN3O2S. The van der Waals surface area contributed by atoms with Gasteiger partial charge in [-0.1, -0.05) is 18.5 Å². The lowest BCUT2D eigenvalue weighted by Crippen LogP contribution is -2.33. The summed E-state index contributed by atoms with van der Waals surface area (Å²) >= 11 is 8.80. The molecular weight excluding hydrogens is 373 g/mol. The number of hydrogen-bond acceptors (Lipinski definition) is 4. The molecule has 114 valence electrons. The molecule has 0 aromatic heterocycles. The van der Waals surface area contributed by atoms with Crippen LogP contribution in [0.5, 0.6) is 0 Å². The molecule has 0 amide bonds. The van der Waals surface area contributed by atoms with E-state index in [4.69, 9.17) is 17.3 Å². The van der Waals surface area contributed by atoms with Gasteiger partial charge >= 0.3 is 0 Å². The first-order valence-electron chi connectivity index (χ1n) is 5.81. The highest BCUT2D eigenvalue weighted by Crippen LogP contribution is 2.34. The molecule has 1 aromatic rings. The second-order valence-electron chi connectivity index (χ2n) is 4.19. The number of hydrogen-bond donors (Lipinski definition) is 2. The zero-order chi connectivity index (χ0) is 15.5. The van der Waals surface area contributed by atoms with E-state index < -0.39 is 20.7 Å².